The molecule has 0 saturated carbocycles. The van der Waals surface area contributed by atoms with E-state index in [-0.39, 0.29) is 0 Å². The predicted molar refractivity (Wildman–Crippen MR) is 65.6 cm³/mol. The maximum absolute atomic E-state index is 10.9. The highest BCUT2D eigenvalue weighted by atomic mass is 35.5. The van der Waals surface area contributed by atoms with Crippen molar-refractivity contribution in [3.8, 4) is 0 Å². The van der Waals surface area contributed by atoms with Crippen molar-refractivity contribution in [1.82, 2.24) is 4.98 Å². The summed E-state index contributed by atoms with van der Waals surface area (Å²) in [4.78, 5) is 19.6. The van der Waals surface area contributed by atoms with E-state index in [9.17, 15) is 4.79 Å². The molecule has 0 spiro atoms. The fraction of sp³-hybridized carbons (Fsp3) is 0.500. The van der Waals surface area contributed by atoms with Gasteiger partial charge in [-0.05, 0) is 12.3 Å². The minimum atomic E-state index is -0.902. The van der Waals surface area contributed by atoms with Crippen molar-refractivity contribution in [1.29, 1.82) is 0 Å². The van der Waals surface area contributed by atoms with Crippen molar-refractivity contribution >= 4 is 35.1 Å². The molecular weight excluding hydrogens is 248 g/mol. The number of halogens is 1. The molecule has 0 amide bonds. The Morgan fingerprint density at radius 1 is 1.75 bits per heavy atom. The number of aliphatic carboxylic acids is 1. The summed E-state index contributed by atoms with van der Waals surface area (Å²) in [6.45, 7) is 3.93. The van der Waals surface area contributed by atoms with Crippen LogP contribution in [0.25, 0.3) is 0 Å². The van der Waals surface area contributed by atoms with E-state index in [0.29, 0.717) is 16.8 Å². The standard InChI is InChI=1S/C10H13ClN2O2S/c1-6(2)3-8(9(14)15)12-4-7-5-13-10(11)16-7/h4-6,8H,3H2,1-2H3,(H,14,15)/b12-4+. The molecule has 1 unspecified atom stereocenters. The topological polar surface area (TPSA) is 62.5 Å². The Balaban J connectivity index is 2.67. The van der Waals surface area contributed by atoms with E-state index < -0.39 is 12.0 Å². The molecule has 1 heterocycles. The molecule has 0 bridgehead atoms. The van der Waals surface area contributed by atoms with E-state index in [4.69, 9.17) is 16.7 Å². The number of carbonyl (C=O) groups is 1. The Kier molecular flexibility index (Phi) is 4.89. The molecule has 0 radical (unpaired) electrons. The summed E-state index contributed by atoms with van der Waals surface area (Å²) in [6.07, 6.45) is 3.62. The monoisotopic (exact) mass is 260 g/mol. The van der Waals surface area contributed by atoms with E-state index in [2.05, 4.69) is 9.98 Å². The van der Waals surface area contributed by atoms with Crippen LogP contribution in [0.15, 0.2) is 11.2 Å². The first kappa shape index (κ1) is 13.1. The van der Waals surface area contributed by atoms with Gasteiger partial charge in [0.25, 0.3) is 0 Å². The highest BCUT2D eigenvalue weighted by Crippen LogP contribution is 2.16. The van der Waals surface area contributed by atoms with Crippen molar-refractivity contribution in [3.05, 3.63) is 15.5 Å². The lowest BCUT2D eigenvalue weighted by molar-refractivity contribution is -0.138. The minimum Gasteiger partial charge on any atom is -0.480 e. The molecule has 1 atom stereocenters. The second-order valence-electron chi connectivity index (χ2n) is 3.78. The lowest BCUT2D eigenvalue weighted by Crippen LogP contribution is -2.20. The van der Waals surface area contributed by atoms with Crippen LogP contribution in [0.5, 0.6) is 0 Å². The van der Waals surface area contributed by atoms with Gasteiger partial charge in [0.1, 0.15) is 6.04 Å². The molecule has 0 fully saturated rings. The van der Waals surface area contributed by atoms with Crippen LogP contribution in [0, 0.1) is 5.92 Å². The van der Waals surface area contributed by atoms with Gasteiger partial charge in [-0.2, -0.15) is 0 Å². The summed E-state index contributed by atoms with van der Waals surface area (Å²) in [6, 6.07) is -0.694. The Bertz CT molecular complexity index is 390. The molecule has 0 aliphatic heterocycles. The molecule has 88 valence electrons. The Morgan fingerprint density at radius 3 is 2.88 bits per heavy atom. The first-order valence-electron chi connectivity index (χ1n) is 4.86. The van der Waals surface area contributed by atoms with Gasteiger partial charge < -0.3 is 5.11 Å². The van der Waals surface area contributed by atoms with Gasteiger partial charge in [-0.15, -0.1) is 11.3 Å². The van der Waals surface area contributed by atoms with Crippen LogP contribution in [-0.2, 0) is 4.79 Å². The van der Waals surface area contributed by atoms with Gasteiger partial charge in [-0.25, -0.2) is 9.78 Å². The SMILES string of the molecule is CC(C)CC(/N=C/c1cnc(Cl)s1)C(=O)O. The molecular formula is C10H13ClN2O2S. The Labute approximate surface area is 103 Å². The molecule has 16 heavy (non-hydrogen) atoms. The summed E-state index contributed by atoms with van der Waals surface area (Å²) >= 11 is 6.92. The number of thiazole rings is 1. The number of nitrogens with zero attached hydrogens (tertiary/aromatic N) is 2. The number of aromatic nitrogens is 1. The predicted octanol–water partition coefficient (Wildman–Crippen LogP) is 2.71. The van der Waals surface area contributed by atoms with Crippen molar-refractivity contribution in [2.45, 2.75) is 26.3 Å². The van der Waals surface area contributed by atoms with Crippen LogP contribution < -0.4 is 0 Å². The largest absolute Gasteiger partial charge is 0.480 e. The lowest BCUT2D eigenvalue weighted by Gasteiger charge is -2.09. The fourth-order valence-corrected chi connectivity index (χ4v) is 1.99. The van der Waals surface area contributed by atoms with Gasteiger partial charge in [0.05, 0.1) is 4.88 Å². The molecule has 6 heteroatoms. The molecule has 1 aromatic rings. The average molecular weight is 261 g/mol. The Morgan fingerprint density at radius 2 is 2.44 bits per heavy atom. The van der Waals surface area contributed by atoms with Crippen molar-refractivity contribution in [2.24, 2.45) is 10.9 Å². The number of carboxylic acid groups (broad SMARTS) is 1. The van der Waals surface area contributed by atoms with Crippen molar-refractivity contribution < 1.29 is 9.90 Å². The van der Waals surface area contributed by atoms with Crippen molar-refractivity contribution in [3.63, 3.8) is 0 Å². The summed E-state index contributed by atoms with van der Waals surface area (Å²) in [5.41, 5.74) is 0. The number of carboxylic acids is 1. The first-order valence-corrected chi connectivity index (χ1v) is 6.05. The fourth-order valence-electron chi connectivity index (χ4n) is 1.16. The lowest BCUT2D eigenvalue weighted by atomic mass is 10.0. The van der Waals surface area contributed by atoms with E-state index in [1.54, 1.807) is 6.20 Å². The average Bonchev–Trinajstić information content (AvgIpc) is 2.58. The zero-order valence-corrected chi connectivity index (χ0v) is 10.6. The number of rotatable bonds is 5. The van der Waals surface area contributed by atoms with Gasteiger partial charge >= 0.3 is 5.97 Å². The van der Waals surface area contributed by atoms with Crippen LogP contribution in [0.4, 0.5) is 0 Å². The second-order valence-corrected chi connectivity index (χ2v) is 5.42. The zero-order chi connectivity index (χ0) is 12.1. The van der Waals surface area contributed by atoms with E-state index in [1.165, 1.54) is 17.6 Å². The maximum atomic E-state index is 10.9. The zero-order valence-electron chi connectivity index (χ0n) is 9.05. The summed E-state index contributed by atoms with van der Waals surface area (Å²) < 4.78 is 0.428. The third-order valence-electron chi connectivity index (χ3n) is 1.86. The summed E-state index contributed by atoms with van der Waals surface area (Å²) in [7, 11) is 0. The van der Waals surface area contributed by atoms with E-state index >= 15 is 0 Å². The van der Waals surface area contributed by atoms with Gasteiger partial charge in [-0.1, -0.05) is 25.4 Å². The number of hydrogen-bond donors (Lipinski definition) is 1. The highest BCUT2D eigenvalue weighted by molar-refractivity contribution is 7.17. The van der Waals surface area contributed by atoms with Gasteiger partial charge in [0.15, 0.2) is 4.47 Å². The Hall–Kier alpha value is -0.940. The first-order chi connectivity index (χ1) is 7.49. The van der Waals surface area contributed by atoms with Gasteiger partial charge in [0.2, 0.25) is 0 Å². The number of hydrogen-bond acceptors (Lipinski definition) is 4. The van der Waals surface area contributed by atoms with E-state index in [1.807, 2.05) is 13.8 Å². The molecule has 1 rings (SSSR count). The normalized spacial score (nSPS) is 13.5. The molecule has 0 saturated heterocycles. The van der Waals surface area contributed by atoms with Gasteiger partial charge in [-0.3, -0.25) is 4.99 Å². The summed E-state index contributed by atoms with van der Waals surface area (Å²) in [5.74, 6) is -0.608. The van der Waals surface area contributed by atoms with Crippen molar-refractivity contribution in [2.75, 3.05) is 0 Å². The minimum absolute atomic E-state index is 0.295. The highest BCUT2D eigenvalue weighted by Gasteiger charge is 2.16. The van der Waals surface area contributed by atoms with Crippen LogP contribution >= 0.6 is 22.9 Å². The molecule has 0 aliphatic carbocycles. The molecule has 1 N–H and O–H groups in total. The van der Waals surface area contributed by atoms with E-state index in [0.717, 1.165) is 4.88 Å². The van der Waals surface area contributed by atoms with Crippen LogP contribution in [0.1, 0.15) is 25.1 Å². The van der Waals surface area contributed by atoms with Crippen LogP contribution in [0.3, 0.4) is 0 Å². The van der Waals surface area contributed by atoms with Crippen LogP contribution in [-0.4, -0.2) is 28.3 Å². The third-order valence-corrected chi connectivity index (χ3v) is 2.91. The maximum Gasteiger partial charge on any atom is 0.328 e. The molecule has 0 aromatic carbocycles. The molecule has 1 aromatic heterocycles. The third kappa shape index (κ3) is 4.28. The smallest absolute Gasteiger partial charge is 0.328 e. The number of aliphatic imine (C=N–C) groups is 1. The van der Waals surface area contributed by atoms with Gasteiger partial charge in [0, 0.05) is 12.4 Å². The molecule has 0 aliphatic rings. The molecule has 4 nitrogen and oxygen atoms in total. The summed E-state index contributed by atoms with van der Waals surface area (Å²) in [5, 5.41) is 8.95. The van der Waals surface area contributed by atoms with Crippen LogP contribution in [0.2, 0.25) is 4.47 Å². The second kappa shape index (κ2) is 5.96. The quantitative estimate of drug-likeness (QED) is 0.828.